The third kappa shape index (κ3) is 25.8. The van der Waals surface area contributed by atoms with Gasteiger partial charge in [-0.15, -0.1) is 0 Å². The Morgan fingerprint density at radius 1 is 0.255 bits per heavy atom. The zero-order valence-electron chi connectivity index (χ0n) is 34.9. The zero-order chi connectivity index (χ0) is 36.9. The summed E-state index contributed by atoms with van der Waals surface area (Å²) in [6.07, 6.45) is 36.8. The van der Waals surface area contributed by atoms with Gasteiger partial charge in [-0.2, -0.15) is 0 Å². The summed E-state index contributed by atoms with van der Waals surface area (Å²) in [7, 11) is 0. The maximum Gasteiger partial charge on any atom is 0.211 e. The van der Waals surface area contributed by atoms with Crippen LogP contribution >= 0.6 is 0 Å². The molecule has 0 aromatic heterocycles. The maximum atomic E-state index is 6.71. The fourth-order valence-corrected chi connectivity index (χ4v) is 6.49. The monoisotopic (exact) mass is 719 g/mol. The van der Waals surface area contributed by atoms with E-state index in [4.69, 9.17) is 23.7 Å². The average molecular weight is 719 g/mol. The summed E-state index contributed by atoms with van der Waals surface area (Å²) < 4.78 is 33.2. The van der Waals surface area contributed by atoms with Crippen molar-refractivity contribution in [1.29, 1.82) is 0 Å². The van der Waals surface area contributed by atoms with Gasteiger partial charge < -0.3 is 23.7 Å². The lowest BCUT2D eigenvalue weighted by Gasteiger charge is -2.23. The van der Waals surface area contributed by atoms with Gasteiger partial charge in [-0.1, -0.05) is 195 Å². The first-order chi connectivity index (χ1) is 25.2. The van der Waals surface area contributed by atoms with Crippen molar-refractivity contribution >= 4 is 0 Å². The second-order valence-electron chi connectivity index (χ2n) is 14.9. The topological polar surface area (TPSA) is 46.2 Å². The molecule has 0 aliphatic rings. The normalized spacial score (nSPS) is 11.2. The van der Waals surface area contributed by atoms with E-state index in [2.05, 4.69) is 40.7 Å². The van der Waals surface area contributed by atoms with Gasteiger partial charge in [0.05, 0.1) is 33.0 Å². The van der Waals surface area contributed by atoms with E-state index in [1.165, 1.54) is 161 Å². The van der Waals surface area contributed by atoms with E-state index in [-0.39, 0.29) is 0 Å². The Morgan fingerprint density at radius 2 is 0.471 bits per heavy atom. The molecule has 0 unspecified atom stereocenters. The van der Waals surface area contributed by atoms with Crippen molar-refractivity contribution in [3.63, 3.8) is 0 Å². The molecule has 0 aliphatic heterocycles. The van der Waals surface area contributed by atoms with Crippen molar-refractivity contribution in [2.45, 2.75) is 227 Å². The average Bonchev–Trinajstić information content (AvgIpc) is 3.14. The summed E-state index contributed by atoms with van der Waals surface area (Å²) in [5.41, 5.74) is 0. The molecule has 1 aromatic carbocycles. The van der Waals surface area contributed by atoms with Crippen molar-refractivity contribution in [1.82, 2.24) is 0 Å². The van der Waals surface area contributed by atoms with E-state index in [1.54, 1.807) is 0 Å². The van der Waals surface area contributed by atoms with Crippen molar-refractivity contribution in [2.24, 2.45) is 0 Å². The molecule has 0 heterocycles. The van der Waals surface area contributed by atoms with Crippen LogP contribution in [0.15, 0.2) is 6.07 Å². The van der Waals surface area contributed by atoms with Crippen LogP contribution in [0.2, 0.25) is 0 Å². The minimum atomic E-state index is 0.643. The minimum absolute atomic E-state index is 0.643. The van der Waals surface area contributed by atoms with Crippen LogP contribution in [0, 0.1) is 0 Å². The lowest BCUT2D eigenvalue weighted by Crippen LogP contribution is -2.10. The quantitative estimate of drug-likeness (QED) is 0.0632. The van der Waals surface area contributed by atoms with E-state index >= 15 is 0 Å². The van der Waals surface area contributed by atoms with Crippen LogP contribution in [0.25, 0.3) is 0 Å². The highest BCUT2D eigenvalue weighted by molar-refractivity contribution is 5.65. The van der Waals surface area contributed by atoms with Crippen LogP contribution in [0.1, 0.15) is 227 Å². The first-order valence-electron chi connectivity index (χ1n) is 22.6. The van der Waals surface area contributed by atoms with E-state index in [0.717, 1.165) is 43.6 Å². The lowest BCUT2D eigenvalue weighted by molar-refractivity contribution is 0.207. The van der Waals surface area contributed by atoms with Crippen molar-refractivity contribution in [2.75, 3.05) is 33.0 Å². The Labute approximate surface area is 318 Å². The lowest BCUT2D eigenvalue weighted by atomic mass is 10.1. The molecule has 0 spiro atoms. The number of benzene rings is 1. The number of hydrogen-bond acceptors (Lipinski definition) is 5. The van der Waals surface area contributed by atoms with Gasteiger partial charge in [0.15, 0.2) is 11.5 Å². The smallest absolute Gasteiger partial charge is 0.211 e. The number of unbranched alkanes of at least 4 members (excludes halogenated alkanes) is 25. The molecule has 0 amide bonds. The van der Waals surface area contributed by atoms with Crippen LogP contribution in [0.3, 0.4) is 0 Å². The summed E-state index contributed by atoms with van der Waals surface area (Å²) in [6, 6.07) is 2.05. The molecule has 0 bridgehead atoms. The Bertz CT molecular complexity index is 813. The Hall–Kier alpha value is -1.78. The van der Waals surface area contributed by atoms with Gasteiger partial charge in [-0.3, -0.25) is 0 Å². The van der Waals surface area contributed by atoms with Gasteiger partial charge in [0, 0.05) is 6.07 Å². The second-order valence-corrected chi connectivity index (χ2v) is 14.9. The summed E-state index contributed by atoms with van der Waals surface area (Å²) in [5.74, 6) is 3.62. The molecular weight excluding hydrogens is 633 g/mol. The van der Waals surface area contributed by atoms with E-state index in [9.17, 15) is 0 Å². The molecule has 51 heavy (non-hydrogen) atoms. The third-order valence-corrected chi connectivity index (χ3v) is 9.87. The van der Waals surface area contributed by atoms with Gasteiger partial charge in [0.25, 0.3) is 0 Å². The Morgan fingerprint density at radius 3 is 0.745 bits per heavy atom. The third-order valence-electron chi connectivity index (χ3n) is 9.87. The first kappa shape index (κ1) is 47.2. The standard InChI is InChI=1S/C46H86O5/c1-6-11-16-21-26-31-36-47-42-41-43(48-37-32-27-22-17-12-7-2)45(50-39-34-29-24-19-14-9-4)46(51-40-35-30-25-20-15-10-5)44(42)49-38-33-28-23-18-13-8-3/h41H,6-40H2,1-5H3. The van der Waals surface area contributed by atoms with Crippen LogP contribution in [-0.4, -0.2) is 33.0 Å². The fraction of sp³-hybridized carbons (Fsp3) is 0.870. The molecule has 0 N–H and O–H groups in total. The highest BCUT2D eigenvalue weighted by Crippen LogP contribution is 2.51. The highest BCUT2D eigenvalue weighted by atomic mass is 16.6. The molecule has 0 radical (unpaired) electrons. The van der Waals surface area contributed by atoms with Gasteiger partial charge in [-0.25, -0.2) is 0 Å². The summed E-state index contributed by atoms with van der Waals surface area (Å²) in [6.45, 7) is 14.7. The van der Waals surface area contributed by atoms with Crippen LogP contribution in [-0.2, 0) is 0 Å². The minimum Gasteiger partial charge on any atom is -0.489 e. The fourth-order valence-electron chi connectivity index (χ4n) is 6.49. The van der Waals surface area contributed by atoms with E-state index in [0.29, 0.717) is 50.3 Å². The van der Waals surface area contributed by atoms with Gasteiger partial charge in [0.1, 0.15) is 0 Å². The van der Waals surface area contributed by atoms with Gasteiger partial charge in [0.2, 0.25) is 17.2 Å². The van der Waals surface area contributed by atoms with Crippen molar-refractivity contribution in [3.8, 4) is 28.7 Å². The zero-order valence-corrected chi connectivity index (χ0v) is 34.9. The summed E-state index contributed by atoms with van der Waals surface area (Å²) in [5, 5.41) is 0. The SMILES string of the molecule is CCCCCCCCOc1cc(OCCCCCCCC)c(OCCCCCCCC)c(OCCCCCCCC)c1OCCCCCCCC. The molecule has 300 valence electrons. The van der Waals surface area contributed by atoms with E-state index < -0.39 is 0 Å². The van der Waals surface area contributed by atoms with Crippen LogP contribution in [0.4, 0.5) is 0 Å². The molecule has 0 saturated heterocycles. The molecule has 0 aliphatic carbocycles. The number of ether oxygens (including phenoxy) is 5. The summed E-state index contributed by atoms with van der Waals surface area (Å²) in [4.78, 5) is 0. The molecule has 5 nitrogen and oxygen atoms in total. The van der Waals surface area contributed by atoms with Gasteiger partial charge >= 0.3 is 0 Å². The molecule has 0 fully saturated rings. The molecule has 0 atom stereocenters. The summed E-state index contributed by atoms with van der Waals surface area (Å²) >= 11 is 0. The Kier molecular flexibility index (Phi) is 33.9. The largest absolute Gasteiger partial charge is 0.489 e. The molecule has 0 saturated carbocycles. The van der Waals surface area contributed by atoms with Crippen molar-refractivity contribution in [3.05, 3.63) is 6.07 Å². The van der Waals surface area contributed by atoms with Gasteiger partial charge in [-0.05, 0) is 32.1 Å². The second kappa shape index (κ2) is 36.6. The predicted molar refractivity (Wildman–Crippen MR) is 221 cm³/mol. The highest BCUT2D eigenvalue weighted by Gasteiger charge is 2.25. The predicted octanol–water partition coefficient (Wildman–Crippen LogP) is 15.4. The number of rotatable bonds is 40. The maximum absolute atomic E-state index is 6.71. The van der Waals surface area contributed by atoms with Crippen LogP contribution < -0.4 is 23.7 Å². The molecule has 1 rings (SSSR count). The molecular formula is C46H86O5. The number of hydrogen-bond donors (Lipinski definition) is 0. The Balaban J connectivity index is 3.29. The molecule has 1 aromatic rings. The molecule has 5 heteroatoms. The van der Waals surface area contributed by atoms with Crippen LogP contribution in [0.5, 0.6) is 28.7 Å². The van der Waals surface area contributed by atoms with E-state index in [1.807, 2.05) is 0 Å². The first-order valence-corrected chi connectivity index (χ1v) is 22.6. The van der Waals surface area contributed by atoms with Crippen molar-refractivity contribution < 1.29 is 23.7 Å².